The highest BCUT2D eigenvalue weighted by atomic mass is 35.5. The molecule has 0 radical (unpaired) electrons. The summed E-state index contributed by atoms with van der Waals surface area (Å²) in [6.07, 6.45) is 3.65. The first kappa shape index (κ1) is 25.3. The van der Waals surface area contributed by atoms with E-state index in [-0.39, 0.29) is 24.3 Å². The topological polar surface area (TPSA) is 105 Å². The van der Waals surface area contributed by atoms with Crippen LogP contribution in [0.2, 0.25) is 5.02 Å². The number of pyridine rings is 1. The van der Waals surface area contributed by atoms with Crippen LogP contribution in [-0.4, -0.2) is 62.7 Å². The van der Waals surface area contributed by atoms with Gasteiger partial charge in [-0.3, -0.25) is 19.5 Å². The summed E-state index contributed by atoms with van der Waals surface area (Å²) in [4.78, 5) is 43.0. The lowest BCUT2D eigenvalue weighted by Crippen LogP contribution is -2.36. The second-order valence-corrected chi connectivity index (χ2v) is 10.6. The molecule has 2 N–H and O–H groups in total. The minimum absolute atomic E-state index is 0.0174. The number of rotatable bonds is 6. The molecular formula is C28H31ClN6O2. The molecule has 2 saturated heterocycles. The minimum Gasteiger partial charge on any atom is -0.370 e. The molecule has 2 aliphatic heterocycles. The van der Waals surface area contributed by atoms with Gasteiger partial charge in [0, 0.05) is 61.6 Å². The molecule has 2 fully saturated rings. The van der Waals surface area contributed by atoms with Crippen molar-refractivity contribution in [2.24, 2.45) is 17.6 Å². The lowest BCUT2D eigenvalue weighted by Gasteiger charge is -2.29. The van der Waals surface area contributed by atoms with Gasteiger partial charge in [0.2, 0.25) is 5.91 Å². The highest BCUT2D eigenvalue weighted by molar-refractivity contribution is 6.31. The maximum Gasteiger partial charge on any atom is 0.257 e. The van der Waals surface area contributed by atoms with Gasteiger partial charge in [0.1, 0.15) is 0 Å². The first-order chi connectivity index (χ1) is 17.7. The van der Waals surface area contributed by atoms with Crippen LogP contribution in [0.4, 0.5) is 0 Å². The Balaban J connectivity index is 1.30. The Bertz CT molecular complexity index is 1310. The Morgan fingerprint density at radius 1 is 1.00 bits per heavy atom. The van der Waals surface area contributed by atoms with E-state index < -0.39 is 0 Å². The predicted molar refractivity (Wildman–Crippen MR) is 142 cm³/mol. The summed E-state index contributed by atoms with van der Waals surface area (Å²) in [7, 11) is 0. The SMILES string of the molecule is Cc1ccc(C(CC(N)=O)N2CC3CN(C(=O)c4c(C)nc(-c5ccncc5)nc4C)CC3C2)cc1Cl. The van der Waals surface area contributed by atoms with Crippen LogP contribution in [0.1, 0.15) is 45.3 Å². The molecule has 5 rings (SSSR count). The van der Waals surface area contributed by atoms with Gasteiger partial charge in [0.25, 0.3) is 5.91 Å². The number of nitrogens with zero attached hydrogens (tertiary/aromatic N) is 5. The van der Waals surface area contributed by atoms with E-state index in [0.29, 0.717) is 52.7 Å². The summed E-state index contributed by atoms with van der Waals surface area (Å²) in [5.74, 6) is 0.906. The number of aryl methyl sites for hydroxylation is 3. The molecule has 3 aromatic rings. The normalized spacial score (nSPS) is 20.2. The monoisotopic (exact) mass is 518 g/mol. The third kappa shape index (κ3) is 5.08. The molecule has 3 unspecified atom stereocenters. The van der Waals surface area contributed by atoms with Gasteiger partial charge in [-0.25, -0.2) is 9.97 Å². The van der Waals surface area contributed by atoms with Gasteiger partial charge < -0.3 is 10.6 Å². The Labute approximate surface area is 221 Å². The molecule has 0 spiro atoms. The van der Waals surface area contributed by atoms with E-state index in [2.05, 4.69) is 19.9 Å². The lowest BCUT2D eigenvalue weighted by atomic mass is 10.0. The second kappa shape index (κ2) is 10.2. The molecule has 0 aliphatic carbocycles. The molecule has 3 atom stereocenters. The van der Waals surface area contributed by atoms with E-state index >= 15 is 0 Å². The van der Waals surface area contributed by atoms with Crippen molar-refractivity contribution in [3.8, 4) is 11.4 Å². The van der Waals surface area contributed by atoms with Crippen molar-refractivity contribution < 1.29 is 9.59 Å². The third-order valence-electron chi connectivity index (χ3n) is 7.64. The largest absolute Gasteiger partial charge is 0.370 e. The quantitative estimate of drug-likeness (QED) is 0.533. The zero-order valence-corrected chi connectivity index (χ0v) is 22.1. The fraction of sp³-hybridized carbons (Fsp3) is 0.393. The van der Waals surface area contributed by atoms with Crippen LogP contribution in [0, 0.1) is 32.6 Å². The number of likely N-dealkylation sites (tertiary alicyclic amines) is 2. The molecule has 2 aromatic heterocycles. The average Bonchev–Trinajstić information content (AvgIpc) is 3.44. The van der Waals surface area contributed by atoms with Crippen LogP contribution >= 0.6 is 11.6 Å². The second-order valence-electron chi connectivity index (χ2n) is 10.2. The van der Waals surface area contributed by atoms with E-state index in [1.807, 2.05) is 56.0 Å². The van der Waals surface area contributed by atoms with E-state index in [0.717, 1.165) is 29.8 Å². The Morgan fingerprint density at radius 3 is 2.19 bits per heavy atom. The summed E-state index contributed by atoms with van der Waals surface area (Å²) in [6, 6.07) is 9.55. The van der Waals surface area contributed by atoms with Crippen LogP contribution in [0.15, 0.2) is 42.7 Å². The number of nitrogens with two attached hydrogens (primary N) is 1. The van der Waals surface area contributed by atoms with Gasteiger partial charge in [-0.15, -0.1) is 0 Å². The van der Waals surface area contributed by atoms with E-state index in [1.54, 1.807) is 12.4 Å². The number of carbonyl (C=O) groups is 2. The minimum atomic E-state index is -0.336. The number of hydrogen-bond donors (Lipinski definition) is 1. The number of aromatic nitrogens is 3. The van der Waals surface area contributed by atoms with Crippen LogP contribution in [0.5, 0.6) is 0 Å². The summed E-state index contributed by atoms with van der Waals surface area (Å²) < 4.78 is 0. The van der Waals surface area contributed by atoms with Crippen LogP contribution in [0.3, 0.4) is 0 Å². The molecule has 4 heterocycles. The number of hydrogen-bond acceptors (Lipinski definition) is 6. The van der Waals surface area contributed by atoms with Crippen molar-refractivity contribution in [2.75, 3.05) is 26.2 Å². The van der Waals surface area contributed by atoms with Gasteiger partial charge in [-0.2, -0.15) is 0 Å². The first-order valence-electron chi connectivity index (χ1n) is 12.5. The number of halogens is 1. The van der Waals surface area contributed by atoms with Crippen LogP contribution in [-0.2, 0) is 4.79 Å². The number of fused-ring (bicyclic) bond motifs is 1. The Morgan fingerprint density at radius 2 is 1.62 bits per heavy atom. The molecule has 1 aromatic carbocycles. The van der Waals surface area contributed by atoms with Gasteiger partial charge in [0.15, 0.2) is 5.82 Å². The Kier molecular flexibility index (Phi) is 6.96. The summed E-state index contributed by atoms with van der Waals surface area (Å²) in [5.41, 5.74) is 10.4. The van der Waals surface area contributed by atoms with Gasteiger partial charge in [-0.05, 0) is 61.9 Å². The molecule has 0 bridgehead atoms. The van der Waals surface area contributed by atoms with Crippen molar-refractivity contribution >= 4 is 23.4 Å². The van der Waals surface area contributed by atoms with Crippen molar-refractivity contribution in [1.82, 2.24) is 24.8 Å². The van der Waals surface area contributed by atoms with Gasteiger partial charge in [0.05, 0.1) is 17.0 Å². The molecular weight excluding hydrogens is 488 g/mol. The molecule has 0 saturated carbocycles. The molecule has 192 valence electrons. The number of benzene rings is 1. The highest BCUT2D eigenvalue weighted by Gasteiger charge is 2.44. The van der Waals surface area contributed by atoms with Crippen molar-refractivity contribution in [1.29, 1.82) is 0 Å². The molecule has 2 amide bonds. The number of amides is 2. The summed E-state index contributed by atoms with van der Waals surface area (Å²) in [6.45, 7) is 8.63. The fourth-order valence-electron chi connectivity index (χ4n) is 5.73. The molecule has 2 aliphatic rings. The third-order valence-corrected chi connectivity index (χ3v) is 8.05. The van der Waals surface area contributed by atoms with Gasteiger partial charge >= 0.3 is 0 Å². The number of carbonyl (C=O) groups excluding carboxylic acids is 2. The smallest absolute Gasteiger partial charge is 0.257 e. The van der Waals surface area contributed by atoms with Crippen LogP contribution in [0.25, 0.3) is 11.4 Å². The molecule has 9 heteroatoms. The lowest BCUT2D eigenvalue weighted by molar-refractivity contribution is -0.119. The van der Waals surface area contributed by atoms with Crippen molar-refractivity contribution in [2.45, 2.75) is 33.2 Å². The molecule has 8 nitrogen and oxygen atoms in total. The first-order valence-corrected chi connectivity index (χ1v) is 12.9. The molecule has 37 heavy (non-hydrogen) atoms. The van der Waals surface area contributed by atoms with Gasteiger partial charge in [-0.1, -0.05) is 23.7 Å². The van der Waals surface area contributed by atoms with E-state index in [1.165, 1.54) is 0 Å². The average molecular weight is 519 g/mol. The Hall–Kier alpha value is -3.36. The van der Waals surface area contributed by atoms with Crippen molar-refractivity contribution in [3.05, 3.63) is 75.8 Å². The van der Waals surface area contributed by atoms with Crippen LogP contribution < -0.4 is 5.73 Å². The maximum atomic E-state index is 13.6. The highest BCUT2D eigenvalue weighted by Crippen LogP contribution is 2.38. The maximum absolute atomic E-state index is 13.6. The fourth-order valence-corrected chi connectivity index (χ4v) is 5.92. The standard InChI is InChI=1S/C28H31ClN6O2/c1-16-4-5-20(10-23(16)29)24(11-25(30)36)34-12-21-14-35(15-22(21)13-34)28(37)26-17(2)32-27(33-18(26)3)19-6-8-31-9-7-19/h4-10,21-22,24H,11-15H2,1-3H3,(H2,30,36). The predicted octanol–water partition coefficient (Wildman–Crippen LogP) is 3.74. The summed E-state index contributed by atoms with van der Waals surface area (Å²) >= 11 is 6.39. The van der Waals surface area contributed by atoms with E-state index in [4.69, 9.17) is 17.3 Å². The summed E-state index contributed by atoms with van der Waals surface area (Å²) in [5, 5.41) is 0.686. The van der Waals surface area contributed by atoms with E-state index in [9.17, 15) is 9.59 Å². The zero-order chi connectivity index (χ0) is 26.3. The zero-order valence-electron chi connectivity index (χ0n) is 21.3. The number of primary amides is 1. The van der Waals surface area contributed by atoms with Crippen molar-refractivity contribution in [3.63, 3.8) is 0 Å².